The number of hydrogen-bond acceptors (Lipinski definition) is 6. The number of anilines is 2. The van der Waals surface area contributed by atoms with Crippen molar-refractivity contribution in [3.05, 3.63) is 79.7 Å². The van der Waals surface area contributed by atoms with Gasteiger partial charge in [-0.05, 0) is 69.8 Å². The smallest absolute Gasteiger partial charge is 0.333 e. The molecule has 2 aromatic carbocycles. The van der Waals surface area contributed by atoms with Crippen LogP contribution in [0.4, 0.5) is 20.6 Å². The molecular formula is C21H15BrClFN4O4S2. The van der Waals surface area contributed by atoms with Crippen molar-refractivity contribution in [2.75, 3.05) is 17.7 Å². The number of fused-ring (bicyclic) bond motifs is 1. The second-order valence-corrected chi connectivity index (χ2v) is 11.4. The van der Waals surface area contributed by atoms with E-state index in [0.29, 0.717) is 15.2 Å². The number of sulfonamides is 1. The maximum atomic E-state index is 14.9. The number of rotatable bonds is 5. The number of nitrogens with one attached hydrogen (secondary N) is 3. The van der Waals surface area contributed by atoms with Crippen molar-refractivity contribution in [3.63, 3.8) is 0 Å². The van der Waals surface area contributed by atoms with Crippen molar-refractivity contribution < 1.29 is 17.6 Å². The molecule has 2 aromatic heterocycles. The van der Waals surface area contributed by atoms with Gasteiger partial charge in [-0.2, -0.15) is 0 Å². The molecule has 0 aliphatic rings. The number of nitrogens with zero attached hydrogens (tertiary/aromatic N) is 1. The first-order valence-electron chi connectivity index (χ1n) is 9.51. The molecule has 0 spiro atoms. The Morgan fingerprint density at radius 3 is 2.56 bits per heavy atom. The van der Waals surface area contributed by atoms with Crippen LogP contribution in [0.1, 0.15) is 0 Å². The van der Waals surface area contributed by atoms with E-state index in [1.54, 1.807) is 25.2 Å². The number of amides is 2. The van der Waals surface area contributed by atoms with E-state index in [9.17, 15) is 22.4 Å². The lowest BCUT2D eigenvalue weighted by Gasteiger charge is -2.12. The van der Waals surface area contributed by atoms with Gasteiger partial charge in [-0.15, -0.1) is 11.3 Å². The van der Waals surface area contributed by atoms with Gasteiger partial charge >= 0.3 is 6.03 Å². The zero-order valence-corrected chi connectivity index (χ0v) is 21.2. The maximum Gasteiger partial charge on any atom is 0.333 e. The van der Waals surface area contributed by atoms with Gasteiger partial charge in [-0.25, -0.2) is 22.3 Å². The van der Waals surface area contributed by atoms with E-state index in [2.05, 4.69) is 26.6 Å². The highest BCUT2D eigenvalue weighted by molar-refractivity contribution is 9.10. The topological polar surface area (TPSA) is 109 Å². The fourth-order valence-corrected chi connectivity index (χ4v) is 6.13. The minimum Gasteiger partial charge on any atom is -0.387 e. The molecule has 2 heterocycles. The SMILES string of the molecule is CNc1cc2ccn(-c3ccc(NC(=O)NS(=O)(=O)c4ccc(Cl)s4)cc3F)c(=O)c2cc1Br. The Hall–Kier alpha value is -2.93. The zero-order chi connectivity index (χ0) is 24.6. The van der Waals surface area contributed by atoms with E-state index < -0.39 is 27.4 Å². The van der Waals surface area contributed by atoms with Crippen LogP contribution in [0, 0.1) is 5.82 Å². The Morgan fingerprint density at radius 2 is 1.91 bits per heavy atom. The lowest BCUT2D eigenvalue weighted by molar-refractivity contribution is 0.256. The summed E-state index contributed by atoms with van der Waals surface area (Å²) in [6.07, 6.45) is 1.45. The largest absolute Gasteiger partial charge is 0.387 e. The third kappa shape index (κ3) is 4.80. The summed E-state index contributed by atoms with van der Waals surface area (Å²) in [4.78, 5) is 25.1. The summed E-state index contributed by atoms with van der Waals surface area (Å²) in [6.45, 7) is 0. The molecule has 4 rings (SSSR count). The molecule has 0 bridgehead atoms. The molecule has 0 aliphatic heterocycles. The van der Waals surface area contributed by atoms with Crippen LogP contribution in [-0.2, 0) is 10.0 Å². The average molecular weight is 586 g/mol. The van der Waals surface area contributed by atoms with Gasteiger partial charge in [0.05, 0.1) is 10.0 Å². The van der Waals surface area contributed by atoms with Crippen LogP contribution in [0.15, 0.2) is 68.2 Å². The summed E-state index contributed by atoms with van der Waals surface area (Å²) >= 11 is 9.92. The van der Waals surface area contributed by atoms with Gasteiger partial charge in [-0.3, -0.25) is 9.36 Å². The number of hydrogen-bond donors (Lipinski definition) is 3. The molecule has 4 aromatic rings. The van der Waals surface area contributed by atoms with Crippen LogP contribution >= 0.6 is 38.9 Å². The van der Waals surface area contributed by atoms with E-state index in [0.717, 1.165) is 27.7 Å². The highest BCUT2D eigenvalue weighted by Crippen LogP contribution is 2.28. The van der Waals surface area contributed by atoms with Gasteiger partial charge in [0, 0.05) is 34.5 Å². The van der Waals surface area contributed by atoms with Gasteiger partial charge in [0.25, 0.3) is 15.6 Å². The first-order chi connectivity index (χ1) is 16.1. The van der Waals surface area contributed by atoms with Gasteiger partial charge in [0.2, 0.25) is 0 Å². The van der Waals surface area contributed by atoms with Crippen molar-refractivity contribution in [1.82, 2.24) is 9.29 Å². The van der Waals surface area contributed by atoms with Crippen molar-refractivity contribution in [3.8, 4) is 5.69 Å². The van der Waals surface area contributed by atoms with Crippen LogP contribution in [0.2, 0.25) is 4.34 Å². The van der Waals surface area contributed by atoms with E-state index in [1.807, 2.05) is 4.72 Å². The Labute approximate surface area is 210 Å². The first-order valence-corrected chi connectivity index (χ1v) is 13.0. The first kappa shape index (κ1) is 24.2. The predicted octanol–water partition coefficient (Wildman–Crippen LogP) is 5.16. The highest BCUT2D eigenvalue weighted by Gasteiger charge is 2.20. The molecule has 0 saturated heterocycles. The summed E-state index contributed by atoms with van der Waals surface area (Å²) in [5.74, 6) is -0.793. The van der Waals surface area contributed by atoms with Gasteiger partial charge in [0.15, 0.2) is 0 Å². The standard InChI is InChI=1S/C21H15BrClFN4O4S2/c1-25-16-8-11-6-7-28(20(29)13(11)10-14(16)22)17-3-2-12(9-15(17)24)26-21(30)27-34(31,32)19-5-4-18(23)33-19/h2-10,25H,1H3,(H2,26,27,30). The average Bonchev–Trinajstić information content (AvgIpc) is 3.22. The van der Waals surface area contributed by atoms with Gasteiger partial charge in [0.1, 0.15) is 10.0 Å². The number of urea groups is 1. The number of halogens is 3. The highest BCUT2D eigenvalue weighted by atomic mass is 79.9. The molecule has 0 unspecified atom stereocenters. The molecule has 2 amide bonds. The third-order valence-corrected chi connectivity index (χ3v) is 8.48. The second kappa shape index (κ2) is 9.37. The molecule has 0 atom stereocenters. The summed E-state index contributed by atoms with van der Waals surface area (Å²) in [5, 5.41) is 6.33. The van der Waals surface area contributed by atoms with Gasteiger partial charge < -0.3 is 10.6 Å². The summed E-state index contributed by atoms with van der Waals surface area (Å²) in [7, 11) is -2.38. The van der Waals surface area contributed by atoms with Crippen molar-refractivity contribution in [1.29, 1.82) is 0 Å². The van der Waals surface area contributed by atoms with Crippen LogP contribution in [0.5, 0.6) is 0 Å². The second-order valence-electron chi connectivity index (χ2n) is 6.94. The van der Waals surface area contributed by atoms with Crippen LogP contribution in [0.25, 0.3) is 16.5 Å². The van der Waals surface area contributed by atoms with Crippen molar-refractivity contribution >= 4 is 77.1 Å². The van der Waals surface area contributed by atoms with Crippen molar-refractivity contribution in [2.24, 2.45) is 0 Å². The molecule has 0 radical (unpaired) electrons. The number of pyridine rings is 1. The van der Waals surface area contributed by atoms with E-state index in [-0.39, 0.29) is 19.9 Å². The zero-order valence-electron chi connectivity index (χ0n) is 17.2. The quantitative estimate of drug-likeness (QED) is 0.300. The normalized spacial score (nSPS) is 11.4. The Bertz CT molecular complexity index is 1600. The lowest BCUT2D eigenvalue weighted by Crippen LogP contribution is -2.34. The molecule has 8 nitrogen and oxygen atoms in total. The Kier molecular flexibility index (Phi) is 6.67. The predicted molar refractivity (Wildman–Crippen MR) is 135 cm³/mol. The molecule has 13 heteroatoms. The number of carbonyl (C=O) groups is 1. The monoisotopic (exact) mass is 584 g/mol. The summed E-state index contributed by atoms with van der Waals surface area (Å²) in [6, 6.07) is 10.3. The van der Waals surface area contributed by atoms with Crippen LogP contribution in [0.3, 0.4) is 0 Å². The van der Waals surface area contributed by atoms with E-state index in [1.165, 1.54) is 30.5 Å². The number of aromatic nitrogens is 1. The fraction of sp³-hybridized carbons (Fsp3) is 0.0476. The molecular weight excluding hydrogens is 571 g/mol. The van der Waals surface area contributed by atoms with E-state index >= 15 is 0 Å². The minimum atomic E-state index is -4.13. The molecule has 0 saturated carbocycles. The molecule has 3 N–H and O–H groups in total. The number of benzene rings is 2. The third-order valence-electron chi connectivity index (χ3n) is 4.77. The maximum absolute atomic E-state index is 14.9. The van der Waals surface area contributed by atoms with Crippen LogP contribution < -0.4 is 20.9 Å². The Morgan fingerprint density at radius 1 is 1.15 bits per heavy atom. The fourth-order valence-electron chi connectivity index (χ4n) is 3.20. The van der Waals surface area contributed by atoms with Crippen LogP contribution in [-0.4, -0.2) is 26.1 Å². The van der Waals surface area contributed by atoms with Crippen molar-refractivity contribution in [2.45, 2.75) is 4.21 Å². The van der Waals surface area contributed by atoms with E-state index in [4.69, 9.17) is 11.6 Å². The molecule has 34 heavy (non-hydrogen) atoms. The molecule has 0 fully saturated rings. The lowest BCUT2D eigenvalue weighted by atomic mass is 10.1. The number of carbonyl (C=O) groups excluding carboxylic acids is 1. The molecule has 0 aliphatic carbocycles. The minimum absolute atomic E-state index is 0.00611. The summed E-state index contributed by atoms with van der Waals surface area (Å²) in [5.41, 5.74) is 0.327. The number of thiophene rings is 1. The summed E-state index contributed by atoms with van der Waals surface area (Å²) < 4.78 is 43.1. The molecule has 176 valence electrons. The van der Waals surface area contributed by atoms with Gasteiger partial charge in [-0.1, -0.05) is 11.6 Å². The Balaban J connectivity index is 1.59.